The third-order valence-electron chi connectivity index (χ3n) is 3.66. The van der Waals surface area contributed by atoms with Crippen molar-refractivity contribution < 1.29 is 13.2 Å². The van der Waals surface area contributed by atoms with Gasteiger partial charge in [-0.15, -0.1) is 23.1 Å². The molecule has 132 valence electrons. The zero-order valence-electron chi connectivity index (χ0n) is 13.4. The molecule has 3 rings (SSSR count). The van der Waals surface area contributed by atoms with Crippen molar-refractivity contribution in [1.82, 2.24) is 9.97 Å². The lowest BCUT2D eigenvalue weighted by Crippen LogP contribution is -2.07. The second-order valence-electron chi connectivity index (χ2n) is 5.48. The highest BCUT2D eigenvalue weighted by Gasteiger charge is 2.35. The second kappa shape index (κ2) is 7.21. The predicted octanol–water partition coefficient (Wildman–Crippen LogP) is 5.85. The third-order valence-corrected chi connectivity index (χ3v) is 6.13. The van der Waals surface area contributed by atoms with Crippen LogP contribution in [0, 0.1) is 0 Å². The first-order valence-corrected chi connectivity index (χ1v) is 9.55. The number of thioether (sulfide) groups is 1. The van der Waals surface area contributed by atoms with Gasteiger partial charge in [0.1, 0.15) is 4.83 Å². The Morgan fingerprint density at radius 1 is 1.32 bits per heavy atom. The van der Waals surface area contributed by atoms with Gasteiger partial charge in [0.2, 0.25) is 0 Å². The van der Waals surface area contributed by atoms with Crippen molar-refractivity contribution in [2.75, 3.05) is 11.5 Å². The minimum absolute atomic E-state index is 0.00383. The molecule has 0 saturated heterocycles. The quantitative estimate of drug-likeness (QED) is 0.443. The van der Waals surface area contributed by atoms with Gasteiger partial charge in [-0.25, -0.2) is 4.98 Å². The van der Waals surface area contributed by atoms with Gasteiger partial charge in [-0.3, -0.25) is 4.98 Å². The average molecular weight is 383 g/mol. The van der Waals surface area contributed by atoms with Crippen LogP contribution >= 0.6 is 23.1 Å². The van der Waals surface area contributed by atoms with Crippen LogP contribution in [-0.2, 0) is 6.18 Å². The van der Waals surface area contributed by atoms with E-state index in [0.717, 1.165) is 24.7 Å². The van der Waals surface area contributed by atoms with E-state index in [9.17, 15) is 13.2 Å². The molecule has 2 N–H and O–H groups in total. The van der Waals surface area contributed by atoms with Crippen LogP contribution in [0.5, 0.6) is 0 Å². The number of anilines is 1. The molecule has 0 radical (unpaired) electrons. The molecule has 0 aliphatic carbocycles. The fraction of sp³-hybridized carbons (Fsp3) is 0.294. The molecule has 3 aromatic rings. The third kappa shape index (κ3) is 3.74. The van der Waals surface area contributed by atoms with Crippen LogP contribution in [0.4, 0.5) is 18.9 Å². The molecule has 3 nitrogen and oxygen atoms in total. The lowest BCUT2D eigenvalue weighted by atomic mass is 10.1. The molecule has 0 aliphatic rings. The Morgan fingerprint density at radius 3 is 2.76 bits per heavy atom. The van der Waals surface area contributed by atoms with E-state index < -0.39 is 11.7 Å². The number of pyridine rings is 2. The Balaban J connectivity index is 2.17. The molecule has 0 amide bonds. The summed E-state index contributed by atoms with van der Waals surface area (Å²) in [5, 5.41) is 0.00383. The van der Waals surface area contributed by atoms with E-state index in [0.29, 0.717) is 14.6 Å². The highest BCUT2D eigenvalue weighted by atomic mass is 32.2. The van der Waals surface area contributed by atoms with Crippen LogP contribution in [0.1, 0.15) is 25.3 Å². The predicted molar refractivity (Wildman–Crippen MR) is 97.9 cm³/mol. The number of unbranched alkanes of at least 4 members (excludes halogenated alkanes) is 1. The summed E-state index contributed by atoms with van der Waals surface area (Å²) in [7, 11) is 0. The number of hydrogen-bond acceptors (Lipinski definition) is 5. The number of nitrogens with two attached hydrogens (primary N) is 1. The van der Waals surface area contributed by atoms with Crippen LogP contribution in [-0.4, -0.2) is 15.7 Å². The van der Waals surface area contributed by atoms with Gasteiger partial charge in [-0.05, 0) is 30.4 Å². The molecule has 0 fully saturated rings. The largest absolute Gasteiger partial charge is 0.417 e. The van der Waals surface area contributed by atoms with Gasteiger partial charge < -0.3 is 5.73 Å². The number of aromatic nitrogens is 2. The maximum absolute atomic E-state index is 13.6. The Morgan fingerprint density at radius 2 is 2.12 bits per heavy atom. The molecule has 0 spiro atoms. The second-order valence-corrected chi connectivity index (χ2v) is 7.84. The summed E-state index contributed by atoms with van der Waals surface area (Å²) in [5.74, 6) is 0.824. The minimum Gasteiger partial charge on any atom is -0.397 e. The summed E-state index contributed by atoms with van der Waals surface area (Å²) in [5.41, 5.74) is 6.27. The summed E-state index contributed by atoms with van der Waals surface area (Å²) in [6, 6.07) is 4.42. The van der Waals surface area contributed by atoms with Crippen molar-refractivity contribution in [3.05, 3.63) is 36.2 Å². The molecule has 0 bridgehead atoms. The first-order valence-electron chi connectivity index (χ1n) is 7.75. The van der Waals surface area contributed by atoms with Gasteiger partial charge in [0.25, 0.3) is 0 Å². The monoisotopic (exact) mass is 383 g/mol. The molecule has 3 aromatic heterocycles. The van der Waals surface area contributed by atoms with Crippen LogP contribution in [0.25, 0.3) is 21.5 Å². The van der Waals surface area contributed by atoms with E-state index >= 15 is 0 Å². The highest BCUT2D eigenvalue weighted by Crippen LogP contribution is 2.46. The molecular formula is C17H16F3N3S2. The fourth-order valence-electron chi connectivity index (χ4n) is 2.40. The average Bonchev–Trinajstić information content (AvgIpc) is 2.90. The van der Waals surface area contributed by atoms with Crippen LogP contribution < -0.4 is 5.73 Å². The normalized spacial score (nSPS) is 12.0. The van der Waals surface area contributed by atoms with E-state index in [1.807, 2.05) is 0 Å². The smallest absolute Gasteiger partial charge is 0.397 e. The molecule has 3 heterocycles. The van der Waals surface area contributed by atoms with Crippen molar-refractivity contribution in [2.45, 2.75) is 30.2 Å². The summed E-state index contributed by atoms with van der Waals surface area (Å²) in [6.07, 6.45) is 0.576. The lowest BCUT2D eigenvalue weighted by Gasteiger charge is -2.11. The summed E-state index contributed by atoms with van der Waals surface area (Å²) < 4.78 is 41.5. The lowest BCUT2D eigenvalue weighted by molar-refractivity contribution is -0.136. The van der Waals surface area contributed by atoms with Crippen LogP contribution in [0.15, 0.2) is 34.8 Å². The van der Waals surface area contributed by atoms with E-state index in [4.69, 9.17) is 5.73 Å². The van der Waals surface area contributed by atoms with Crippen molar-refractivity contribution in [2.24, 2.45) is 0 Å². The summed E-state index contributed by atoms with van der Waals surface area (Å²) >= 11 is 2.71. The summed E-state index contributed by atoms with van der Waals surface area (Å²) in [4.78, 5) is 8.68. The molecule has 0 saturated carbocycles. The number of alkyl halides is 3. The van der Waals surface area contributed by atoms with E-state index in [1.165, 1.54) is 29.3 Å². The van der Waals surface area contributed by atoms with E-state index in [2.05, 4.69) is 16.9 Å². The van der Waals surface area contributed by atoms with Crippen molar-refractivity contribution >= 4 is 39.0 Å². The van der Waals surface area contributed by atoms with Gasteiger partial charge >= 0.3 is 6.18 Å². The molecular weight excluding hydrogens is 367 g/mol. The molecule has 25 heavy (non-hydrogen) atoms. The van der Waals surface area contributed by atoms with Gasteiger partial charge in [-0.1, -0.05) is 13.3 Å². The number of hydrogen-bond donors (Lipinski definition) is 1. The topological polar surface area (TPSA) is 51.8 Å². The first-order chi connectivity index (χ1) is 11.9. The first kappa shape index (κ1) is 18.0. The van der Waals surface area contributed by atoms with Gasteiger partial charge in [-0.2, -0.15) is 13.2 Å². The molecule has 0 atom stereocenters. The molecule has 0 unspecified atom stereocenters. The van der Waals surface area contributed by atoms with Crippen molar-refractivity contribution in [1.29, 1.82) is 0 Å². The van der Waals surface area contributed by atoms with Crippen molar-refractivity contribution in [3.8, 4) is 11.3 Å². The van der Waals surface area contributed by atoms with Gasteiger partial charge in [0.05, 0.1) is 21.2 Å². The Hall–Kier alpha value is -1.80. The highest BCUT2D eigenvalue weighted by molar-refractivity contribution is 8.01. The van der Waals surface area contributed by atoms with Gasteiger partial charge in [0.15, 0.2) is 0 Å². The number of rotatable bonds is 5. The zero-order valence-corrected chi connectivity index (χ0v) is 15.1. The molecule has 0 aliphatic heterocycles. The molecule has 0 aromatic carbocycles. The number of nitrogens with zero attached hydrogens (tertiary/aromatic N) is 2. The van der Waals surface area contributed by atoms with Crippen LogP contribution in [0.2, 0.25) is 0 Å². The van der Waals surface area contributed by atoms with Crippen molar-refractivity contribution in [3.63, 3.8) is 0 Å². The number of nitrogen functional groups attached to an aromatic ring is 1. The summed E-state index contributed by atoms with van der Waals surface area (Å²) in [6.45, 7) is 2.07. The zero-order chi connectivity index (χ0) is 18.0. The maximum atomic E-state index is 13.6. The number of halogens is 3. The van der Waals surface area contributed by atoms with Crippen LogP contribution in [0.3, 0.4) is 0 Å². The fourth-order valence-corrected chi connectivity index (χ4v) is 4.85. The maximum Gasteiger partial charge on any atom is 0.417 e. The number of fused-ring (bicyclic) bond motifs is 1. The Kier molecular flexibility index (Phi) is 5.19. The minimum atomic E-state index is -4.50. The van der Waals surface area contributed by atoms with E-state index in [1.54, 1.807) is 18.3 Å². The van der Waals surface area contributed by atoms with Gasteiger partial charge in [0, 0.05) is 23.3 Å². The Bertz CT molecular complexity index is 876. The SMILES string of the molecule is CCCCSc1sc2nc(-c3cccnc3)cc(C(F)(F)F)c2c1N. The van der Waals surface area contributed by atoms with E-state index in [-0.39, 0.29) is 16.8 Å². The molecule has 8 heteroatoms. The Labute approximate surface area is 151 Å². The number of thiophene rings is 1. The standard InChI is InChI=1S/C17H16F3N3S2/c1-2-3-7-24-16-14(21)13-11(17(18,19)20)8-12(23-15(13)25-16)10-5-4-6-22-9-10/h4-6,8-9H,2-3,7,21H2,1H3.